The number of hydrogen-bond donors (Lipinski definition) is 2. The Kier molecular flexibility index (Phi) is 3.15. The summed E-state index contributed by atoms with van der Waals surface area (Å²) in [6, 6.07) is 7.23. The van der Waals surface area contributed by atoms with Crippen molar-refractivity contribution in [3.8, 4) is 11.3 Å². The molecule has 0 atom stereocenters. The highest BCUT2D eigenvalue weighted by atomic mass is 16.3. The molecule has 1 amide bonds. The number of nitrogens with zero attached hydrogens (tertiary/aromatic N) is 3. The van der Waals surface area contributed by atoms with Crippen molar-refractivity contribution in [3.05, 3.63) is 48.7 Å². The van der Waals surface area contributed by atoms with Crippen molar-refractivity contribution in [2.45, 2.75) is 0 Å². The van der Waals surface area contributed by atoms with E-state index in [2.05, 4.69) is 15.4 Å². The molecule has 106 valence electrons. The lowest BCUT2D eigenvalue weighted by molar-refractivity contribution is 0.101. The van der Waals surface area contributed by atoms with Gasteiger partial charge in [-0.2, -0.15) is 5.10 Å². The Morgan fingerprint density at radius 1 is 1.29 bits per heavy atom. The van der Waals surface area contributed by atoms with Gasteiger partial charge in [0.2, 0.25) is 0 Å². The molecule has 0 spiro atoms. The fourth-order valence-corrected chi connectivity index (χ4v) is 2.00. The van der Waals surface area contributed by atoms with E-state index >= 15 is 0 Å². The third kappa shape index (κ3) is 2.48. The van der Waals surface area contributed by atoms with E-state index in [1.807, 2.05) is 12.1 Å². The first-order chi connectivity index (χ1) is 10.1. The van der Waals surface area contributed by atoms with Crippen LogP contribution in [0.15, 0.2) is 47.5 Å². The minimum atomic E-state index is -0.306. The Bertz CT molecular complexity index is 740. The van der Waals surface area contributed by atoms with Crippen molar-refractivity contribution < 1.29 is 9.21 Å². The van der Waals surface area contributed by atoms with Crippen molar-refractivity contribution in [3.63, 3.8) is 0 Å². The summed E-state index contributed by atoms with van der Waals surface area (Å²) in [5.41, 5.74) is 7.93. The molecule has 3 N–H and O–H groups in total. The molecular weight excluding hydrogens is 270 g/mol. The molecule has 0 saturated heterocycles. The molecule has 0 radical (unpaired) electrons. The zero-order chi connectivity index (χ0) is 14.8. The maximum atomic E-state index is 12.1. The van der Waals surface area contributed by atoms with Crippen LogP contribution in [0.2, 0.25) is 0 Å². The zero-order valence-corrected chi connectivity index (χ0v) is 11.3. The standard InChI is InChI=1S/C14H13N5O2/c1-19-13(11(15)6-17-19)14(20)18-10-4-2-9(3-5-10)12-7-16-8-21-12/h2-8H,15H2,1H3,(H,18,20). The van der Waals surface area contributed by atoms with E-state index in [0.29, 0.717) is 22.8 Å². The topological polar surface area (TPSA) is 99.0 Å². The predicted molar refractivity (Wildman–Crippen MR) is 77.5 cm³/mol. The molecule has 0 aliphatic carbocycles. The van der Waals surface area contributed by atoms with E-state index in [9.17, 15) is 4.79 Å². The lowest BCUT2D eigenvalue weighted by Gasteiger charge is -2.06. The predicted octanol–water partition coefficient (Wildman–Crippen LogP) is 1.91. The number of nitrogens with one attached hydrogen (secondary N) is 1. The molecule has 3 rings (SSSR count). The third-order valence-corrected chi connectivity index (χ3v) is 3.04. The fraction of sp³-hybridized carbons (Fsp3) is 0.0714. The van der Waals surface area contributed by atoms with Gasteiger partial charge in [-0.25, -0.2) is 4.98 Å². The van der Waals surface area contributed by atoms with Crippen LogP contribution >= 0.6 is 0 Å². The highest BCUT2D eigenvalue weighted by molar-refractivity contribution is 6.06. The number of amides is 1. The Balaban J connectivity index is 1.78. The summed E-state index contributed by atoms with van der Waals surface area (Å²) in [5.74, 6) is 0.365. The number of benzene rings is 1. The first kappa shape index (κ1) is 12.9. The smallest absolute Gasteiger partial charge is 0.276 e. The Morgan fingerprint density at radius 2 is 2.05 bits per heavy atom. The molecule has 0 aliphatic heterocycles. The zero-order valence-electron chi connectivity index (χ0n) is 11.3. The van der Waals surface area contributed by atoms with Crippen LogP contribution < -0.4 is 11.1 Å². The van der Waals surface area contributed by atoms with Crippen molar-refractivity contribution in [2.75, 3.05) is 11.1 Å². The molecule has 2 aromatic heterocycles. The summed E-state index contributed by atoms with van der Waals surface area (Å²) < 4.78 is 6.64. The molecule has 1 aromatic carbocycles. The normalized spacial score (nSPS) is 10.5. The average molecular weight is 283 g/mol. The van der Waals surface area contributed by atoms with Gasteiger partial charge in [-0.3, -0.25) is 9.48 Å². The van der Waals surface area contributed by atoms with Crippen LogP contribution in [0, 0.1) is 0 Å². The van der Waals surface area contributed by atoms with Gasteiger partial charge in [0.15, 0.2) is 12.2 Å². The second kappa shape index (κ2) is 5.12. The number of oxazole rings is 1. The summed E-state index contributed by atoms with van der Waals surface area (Å²) in [5, 5.41) is 6.71. The molecule has 0 aliphatic rings. The lowest BCUT2D eigenvalue weighted by atomic mass is 10.1. The number of aryl methyl sites for hydroxylation is 1. The molecule has 21 heavy (non-hydrogen) atoms. The second-order valence-electron chi connectivity index (χ2n) is 4.47. The van der Waals surface area contributed by atoms with Gasteiger partial charge in [-0.05, 0) is 24.3 Å². The molecule has 7 heteroatoms. The summed E-state index contributed by atoms with van der Waals surface area (Å²) in [7, 11) is 1.66. The first-order valence-corrected chi connectivity index (χ1v) is 6.23. The number of nitrogen functional groups attached to an aromatic ring is 1. The quantitative estimate of drug-likeness (QED) is 0.765. The van der Waals surface area contributed by atoms with E-state index in [1.165, 1.54) is 17.3 Å². The summed E-state index contributed by atoms with van der Waals surface area (Å²) in [4.78, 5) is 16.0. The van der Waals surface area contributed by atoms with Crippen LogP contribution in [-0.2, 0) is 7.05 Å². The number of hydrogen-bond acceptors (Lipinski definition) is 5. The number of carbonyl (C=O) groups is 1. The van der Waals surface area contributed by atoms with E-state index in [1.54, 1.807) is 25.4 Å². The number of rotatable bonds is 3. The van der Waals surface area contributed by atoms with Gasteiger partial charge in [-0.15, -0.1) is 0 Å². The summed E-state index contributed by atoms with van der Waals surface area (Å²) >= 11 is 0. The van der Waals surface area contributed by atoms with Gasteiger partial charge < -0.3 is 15.5 Å². The molecule has 2 heterocycles. The van der Waals surface area contributed by atoms with Crippen molar-refractivity contribution in [2.24, 2.45) is 7.05 Å². The van der Waals surface area contributed by atoms with Gasteiger partial charge in [0, 0.05) is 18.3 Å². The largest absolute Gasteiger partial charge is 0.444 e. The molecule has 0 unspecified atom stereocenters. The van der Waals surface area contributed by atoms with E-state index in [4.69, 9.17) is 10.2 Å². The Hall–Kier alpha value is -3.09. The van der Waals surface area contributed by atoms with Crippen LogP contribution in [0.25, 0.3) is 11.3 Å². The van der Waals surface area contributed by atoms with Crippen molar-refractivity contribution in [1.82, 2.24) is 14.8 Å². The molecular formula is C14H13N5O2. The van der Waals surface area contributed by atoms with Crippen LogP contribution in [0.1, 0.15) is 10.5 Å². The van der Waals surface area contributed by atoms with Gasteiger partial charge >= 0.3 is 0 Å². The maximum Gasteiger partial charge on any atom is 0.276 e. The maximum absolute atomic E-state index is 12.1. The van der Waals surface area contributed by atoms with Crippen molar-refractivity contribution in [1.29, 1.82) is 0 Å². The Labute approximate surface area is 120 Å². The summed E-state index contributed by atoms with van der Waals surface area (Å²) in [6.45, 7) is 0. The van der Waals surface area contributed by atoms with Gasteiger partial charge in [0.1, 0.15) is 5.69 Å². The first-order valence-electron chi connectivity index (χ1n) is 6.23. The third-order valence-electron chi connectivity index (χ3n) is 3.04. The van der Waals surface area contributed by atoms with Gasteiger partial charge in [-0.1, -0.05) is 0 Å². The monoisotopic (exact) mass is 283 g/mol. The van der Waals surface area contributed by atoms with E-state index in [0.717, 1.165) is 5.56 Å². The fourth-order valence-electron chi connectivity index (χ4n) is 2.00. The highest BCUT2D eigenvalue weighted by Gasteiger charge is 2.15. The number of nitrogens with two attached hydrogens (primary N) is 1. The number of aromatic nitrogens is 3. The van der Waals surface area contributed by atoms with Gasteiger partial charge in [0.25, 0.3) is 5.91 Å². The minimum Gasteiger partial charge on any atom is -0.444 e. The molecule has 3 aromatic rings. The average Bonchev–Trinajstić information content (AvgIpc) is 3.10. The molecule has 0 bridgehead atoms. The van der Waals surface area contributed by atoms with Gasteiger partial charge in [0.05, 0.1) is 18.1 Å². The Morgan fingerprint density at radius 3 is 2.62 bits per heavy atom. The SMILES string of the molecule is Cn1ncc(N)c1C(=O)Nc1ccc(-c2cnco2)cc1. The number of anilines is 2. The molecule has 7 nitrogen and oxygen atoms in total. The molecule has 0 fully saturated rings. The van der Waals surface area contributed by atoms with Crippen LogP contribution in [0.4, 0.5) is 11.4 Å². The van der Waals surface area contributed by atoms with Crippen molar-refractivity contribution >= 4 is 17.3 Å². The van der Waals surface area contributed by atoms with E-state index in [-0.39, 0.29) is 5.91 Å². The second-order valence-corrected chi connectivity index (χ2v) is 4.47. The van der Waals surface area contributed by atoms with Crippen LogP contribution in [-0.4, -0.2) is 20.7 Å². The lowest BCUT2D eigenvalue weighted by Crippen LogP contribution is -2.17. The van der Waals surface area contributed by atoms with Crippen LogP contribution in [0.3, 0.4) is 0 Å². The highest BCUT2D eigenvalue weighted by Crippen LogP contribution is 2.21. The van der Waals surface area contributed by atoms with E-state index < -0.39 is 0 Å². The minimum absolute atomic E-state index is 0.306. The van der Waals surface area contributed by atoms with Crippen LogP contribution in [0.5, 0.6) is 0 Å². The molecule has 0 saturated carbocycles. The summed E-state index contributed by atoms with van der Waals surface area (Å²) in [6.07, 6.45) is 4.45. The number of carbonyl (C=O) groups excluding carboxylic acids is 1.